The number of imidazole rings is 1. The van der Waals surface area contributed by atoms with Crippen molar-refractivity contribution in [1.29, 1.82) is 0 Å². The molecule has 1 aromatic carbocycles. The molecule has 2 heteroatoms. The summed E-state index contributed by atoms with van der Waals surface area (Å²) in [6.07, 6.45) is 1.82. The molecule has 0 atom stereocenters. The smallest absolute Gasteiger partial charge is 0.0958 e. The summed E-state index contributed by atoms with van der Waals surface area (Å²) in [6.45, 7) is 4.54. The summed E-state index contributed by atoms with van der Waals surface area (Å²) in [4.78, 5) is 4.21. The van der Waals surface area contributed by atoms with E-state index >= 15 is 0 Å². The molecule has 0 bridgehead atoms. The second-order valence-electron chi connectivity index (χ2n) is 2.43. The van der Waals surface area contributed by atoms with Gasteiger partial charge in [0.25, 0.3) is 0 Å². The summed E-state index contributed by atoms with van der Waals surface area (Å²) in [5, 5.41) is 0. The van der Waals surface area contributed by atoms with Gasteiger partial charge in [-0.25, -0.2) is 4.98 Å². The molecular weight excluding hydrogens is 136 g/mol. The van der Waals surface area contributed by atoms with Crippen molar-refractivity contribution in [3.05, 3.63) is 37.5 Å². The zero-order valence-electron chi connectivity index (χ0n) is 6.20. The fraction of sp³-hybridized carbons (Fsp3) is 0.111. The maximum Gasteiger partial charge on any atom is 0.0958 e. The van der Waals surface area contributed by atoms with Gasteiger partial charge < -0.3 is 4.57 Å². The van der Waals surface area contributed by atoms with Gasteiger partial charge in [0.15, 0.2) is 0 Å². The van der Waals surface area contributed by atoms with Gasteiger partial charge in [0, 0.05) is 6.54 Å². The van der Waals surface area contributed by atoms with Crippen molar-refractivity contribution >= 4 is 11.0 Å². The second-order valence-corrected chi connectivity index (χ2v) is 2.43. The highest BCUT2D eigenvalue weighted by molar-refractivity contribution is 5.74. The van der Waals surface area contributed by atoms with Gasteiger partial charge in [-0.2, -0.15) is 0 Å². The summed E-state index contributed by atoms with van der Waals surface area (Å²) in [5.74, 6) is 0. The molecule has 55 valence electrons. The quantitative estimate of drug-likeness (QED) is 0.599. The SMILES string of the molecule is [CH2]Cn1cnc2ccccc21. The summed E-state index contributed by atoms with van der Waals surface area (Å²) in [6, 6.07) is 8.05. The van der Waals surface area contributed by atoms with Crippen LogP contribution in [-0.2, 0) is 6.54 Å². The Balaban J connectivity index is 2.76. The van der Waals surface area contributed by atoms with E-state index in [2.05, 4.69) is 11.9 Å². The fourth-order valence-electron chi connectivity index (χ4n) is 1.19. The number of hydrogen-bond acceptors (Lipinski definition) is 1. The maximum absolute atomic E-state index is 4.21. The van der Waals surface area contributed by atoms with Crippen LogP contribution in [0, 0.1) is 6.92 Å². The number of para-hydroxylation sites is 2. The van der Waals surface area contributed by atoms with Gasteiger partial charge in [0.2, 0.25) is 0 Å². The van der Waals surface area contributed by atoms with Crippen molar-refractivity contribution < 1.29 is 0 Å². The molecule has 11 heavy (non-hydrogen) atoms. The first-order chi connectivity index (χ1) is 5.42. The normalized spacial score (nSPS) is 10.6. The zero-order valence-corrected chi connectivity index (χ0v) is 6.20. The lowest BCUT2D eigenvalue weighted by Gasteiger charge is -1.95. The molecule has 1 radical (unpaired) electrons. The average Bonchev–Trinajstić information content (AvgIpc) is 2.47. The molecular formula is C9H9N2. The minimum absolute atomic E-state index is 0.737. The van der Waals surface area contributed by atoms with Crippen molar-refractivity contribution in [1.82, 2.24) is 9.55 Å². The lowest BCUT2D eigenvalue weighted by Crippen LogP contribution is -1.89. The number of rotatable bonds is 1. The van der Waals surface area contributed by atoms with E-state index in [1.807, 2.05) is 35.2 Å². The Morgan fingerprint density at radius 1 is 1.36 bits per heavy atom. The first-order valence-corrected chi connectivity index (χ1v) is 3.61. The van der Waals surface area contributed by atoms with Crippen LogP contribution in [0.15, 0.2) is 30.6 Å². The monoisotopic (exact) mass is 145 g/mol. The molecule has 0 N–H and O–H groups in total. The highest BCUT2D eigenvalue weighted by Crippen LogP contribution is 2.10. The van der Waals surface area contributed by atoms with E-state index in [1.165, 1.54) is 0 Å². The highest BCUT2D eigenvalue weighted by atomic mass is 15.0. The molecule has 0 aliphatic rings. The number of hydrogen-bond donors (Lipinski definition) is 0. The number of aromatic nitrogens is 2. The van der Waals surface area contributed by atoms with Gasteiger partial charge in [0.05, 0.1) is 17.4 Å². The van der Waals surface area contributed by atoms with Crippen LogP contribution in [0.3, 0.4) is 0 Å². The lowest BCUT2D eigenvalue weighted by atomic mass is 10.3. The van der Waals surface area contributed by atoms with E-state index in [0.717, 1.165) is 17.6 Å². The van der Waals surface area contributed by atoms with Crippen LogP contribution >= 0.6 is 0 Å². The van der Waals surface area contributed by atoms with Crippen LogP contribution in [0.1, 0.15) is 0 Å². The molecule has 0 saturated heterocycles. The molecule has 2 rings (SSSR count). The van der Waals surface area contributed by atoms with Gasteiger partial charge in [-0.3, -0.25) is 0 Å². The highest BCUT2D eigenvalue weighted by Gasteiger charge is 1.96. The Bertz CT molecular complexity index is 362. The molecule has 0 aliphatic heterocycles. The fourth-order valence-corrected chi connectivity index (χ4v) is 1.19. The van der Waals surface area contributed by atoms with Gasteiger partial charge >= 0.3 is 0 Å². The predicted molar refractivity (Wildman–Crippen MR) is 45.1 cm³/mol. The summed E-state index contributed by atoms with van der Waals surface area (Å²) >= 11 is 0. The Morgan fingerprint density at radius 3 is 3.00 bits per heavy atom. The average molecular weight is 145 g/mol. The van der Waals surface area contributed by atoms with Gasteiger partial charge in [0.1, 0.15) is 0 Å². The first-order valence-electron chi connectivity index (χ1n) is 3.61. The van der Waals surface area contributed by atoms with Crippen molar-refractivity contribution in [3.8, 4) is 0 Å². The largest absolute Gasteiger partial charge is 0.331 e. The molecule has 0 unspecified atom stereocenters. The zero-order chi connectivity index (χ0) is 7.68. The molecule has 0 aliphatic carbocycles. The van der Waals surface area contributed by atoms with Gasteiger partial charge in [-0.05, 0) is 19.1 Å². The van der Waals surface area contributed by atoms with Crippen LogP contribution < -0.4 is 0 Å². The van der Waals surface area contributed by atoms with E-state index in [0.29, 0.717) is 0 Å². The third kappa shape index (κ3) is 0.909. The Labute approximate surface area is 65.5 Å². The second kappa shape index (κ2) is 2.38. The van der Waals surface area contributed by atoms with Crippen molar-refractivity contribution in [2.24, 2.45) is 0 Å². The molecule has 2 aromatic rings. The van der Waals surface area contributed by atoms with E-state index in [9.17, 15) is 0 Å². The van der Waals surface area contributed by atoms with Crippen molar-refractivity contribution in [2.75, 3.05) is 0 Å². The van der Waals surface area contributed by atoms with Crippen LogP contribution in [-0.4, -0.2) is 9.55 Å². The van der Waals surface area contributed by atoms with Gasteiger partial charge in [-0.15, -0.1) is 0 Å². The van der Waals surface area contributed by atoms with E-state index in [4.69, 9.17) is 0 Å². The Hall–Kier alpha value is -1.31. The van der Waals surface area contributed by atoms with Crippen LogP contribution in [0.25, 0.3) is 11.0 Å². The van der Waals surface area contributed by atoms with Crippen LogP contribution in [0.4, 0.5) is 0 Å². The van der Waals surface area contributed by atoms with Crippen LogP contribution in [0.5, 0.6) is 0 Å². The van der Waals surface area contributed by atoms with E-state index in [1.54, 1.807) is 0 Å². The Kier molecular flexibility index (Phi) is 1.39. The molecule has 0 spiro atoms. The summed E-state index contributed by atoms with van der Waals surface area (Å²) in [7, 11) is 0. The van der Waals surface area contributed by atoms with E-state index in [-0.39, 0.29) is 0 Å². The summed E-state index contributed by atoms with van der Waals surface area (Å²) in [5.41, 5.74) is 2.19. The standard InChI is InChI=1S/C9H9N2/c1-2-11-7-10-8-5-3-4-6-9(8)11/h3-7H,1-2H2. The third-order valence-corrected chi connectivity index (χ3v) is 1.77. The molecule has 0 fully saturated rings. The molecule has 0 amide bonds. The van der Waals surface area contributed by atoms with Crippen molar-refractivity contribution in [2.45, 2.75) is 6.54 Å². The number of fused-ring (bicyclic) bond motifs is 1. The Morgan fingerprint density at radius 2 is 2.18 bits per heavy atom. The van der Waals surface area contributed by atoms with Crippen molar-refractivity contribution in [3.63, 3.8) is 0 Å². The van der Waals surface area contributed by atoms with Crippen LogP contribution in [0.2, 0.25) is 0 Å². The predicted octanol–water partition coefficient (Wildman–Crippen LogP) is 1.87. The molecule has 2 nitrogen and oxygen atoms in total. The third-order valence-electron chi connectivity index (χ3n) is 1.77. The molecule has 1 heterocycles. The van der Waals surface area contributed by atoms with E-state index < -0.39 is 0 Å². The molecule has 1 aromatic heterocycles. The topological polar surface area (TPSA) is 17.8 Å². The molecule has 0 saturated carbocycles. The minimum atomic E-state index is 0.737. The summed E-state index contributed by atoms with van der Waals surface area (Å²) < 4.78 is 2.02. The number of benzene rings is 1. The maximum atomic E-state index is 4.21. The first kappa shape index (κ1) is 6.40. The minimum Gasteiger partial charge on any atom is -0.331 e. The lowest BCUT2D eigenvalue weighted by molar-refractivity contribution is 0.847. The van der Waals surface area contributed by atoms with Gasteiger partial charge in [-0.1, -0.05) is 12.1 Å². The number of nitrogens with zero attached hydrogens (tertiary/aromatic N) is 2.